The van der Waals surface area contributed by atoms with Crippen LogP contribution >= 0.6 is 11.8 Å². The minimum Gasteiger partial charge on any atom is -0.480 e. The lowest BCUT2D eigenvalue weighted by molar-refractivity contribution is -0.138. The number of aliphatic carboxylic acids is 1. The molecule has 0 spiro atoms. The molecule has 0 aliphatic rings. The summed E-state index contributed by atoms with van der Waals surface area (Å²) in [5, 5.41) is 8.61. The van der Waals surface area contributed by atoms with Crippen LogP contribution in [-0.2, 0) is 10.5 Å². The van der Waals surface area contributed by atoms with E-state index < -0.39 is 17.9 Å². The van der Waals surface area contributed by atoms with Crippen molar-refractivity contribution < 1.29 is 14.7 Å². The summed E-state index contributed by atoms with van der Waals surface area (Å²) in [7, 11) is 0. The molecule has 1 unspecified atom stereocenters. The Morgan fingerprint density at radius 3 is 2.72 bits per heavy atom. The summed E-state index contributed by atoms with van der Waals surface area (Å²) >= 11 is 1.58. The molecule has 5 N–H and O–H groups in total. The maximum absolute atomic E-state index is 11.0. The lowest BCUT2D eigenvalue weighted by Crippen LogP contribution is -2.30. The van der Waals surface area contributed by atoms with E-state index >= 15 is 0 Å². The standard InChI is InChI=1S/C12H16N2O3S/c13-10(12(16)17)4-5-18-7-8-2-1-3-9(6-8)11(14)15/h1-3,6,10H,4-5,7,13H2,(H2,14,15)(H,16,17). The molecule has 1 aromatic rings. The Hall–Kier alpha value is -1.53. The normalized spacial score (nSPS) is 12.1. The summed E-state index contributed by atoms with van der Waals surface area (Å²) in [6.07, 6.45) is 0.426. The Balaban J connectivity index is 2.38. The highest BCUT2D eigenvalue weighted by Crippen LogP contribution is 2.15. The van der Waals surface area contributed by atoms with Gasteiger partial charge in [0.25, 0.3) is 0 Å². The zero-order valence-electron chi connectivity index (χ0n) is 9.83. The number of carbonyl (C=O) groups is 2. The fraction of sp³-hybridized carbons (Fsp3) is 0.333. The largest absolute Gasteiger partial charge is 0.480 e. The molecule has 5 nitrogen and oxygen atoms in total. The molecule has 0 aliphatic heterocycles. The summed E-state index contributed by atoms with van der Waals surface area (Å²) in [6, 6.07) is 6.27. The molecule has 0 fully saturated rings. The van der Waals surface area contributed by atoms with Crippen molar-refractivity contribution in [2.75, 3.05) is 5.75 Å². The van der Waals surface area contributed by atoms with Crippen LogP contribution in [0.2, 0.25) is 0 Å². The highest BCUT2D eigenvalue weighted by Gasteiger charge is 2.10. The molecule has 0 aromatic heterocycles. The predicted octanol–water partition coefficient (Wildman–Crippen LogP) is 0.821. The van der Waals surface area contributed by atoms with Gasteiger partial charge in [-0.15, -0.1) is 0 Å². The van der Waals surface area contributed by atoms with Crippen LogP contribution in [0, 0.1) is 0 Å². The van der Waals surface area contributed by atoms with Gasteiger partial charge < -0.3 is 16.6 Å². The van der Waals surface area contributed by atoms with E-state index in [-0.39, 0.29) is 0 Å². The average molecular weight is 268 g/mol. The Morgan fingerprint density at radius 2 is 2.11 bits per heavy atom. The van der Waals surface area contributed by atoms with Crippen LogP contribution in [0.15, 0.2) is 24.3 Å². The quantitative estimate of drug-likeness (QED) is 0.635. The Bertz CT molecular complexity index is 437. The molecular formula is C12H16N2O3S. The number of hydrogen-bond donors (Lipinski definition) is 3. The maximum atomic E-state index is 11.0. The lowest BCUT2D eigenvalue weighted by atomic mass is 10.1. The van der Waals surface area contributed by atoms with Crippen molar-refractivity contribution in [1.29, 1.82) is 0 Å². The first-order valence-corrected chi connectivity index (χ1v) is 6.61. The molecule has 0 radical (unpaired) electrons. The van der Waals surface area contributed by atoms with Gasteiger partial charge >= 0.3 is 5.97 Å². The van der Waals surface area contributed by atoms with Crippen LogP contribution < -0.4 is 11.5 Å². The Morgan fingerprint density at radius 1 is 1.39 bits per heavy atom. The second kappa shape index (κ2) is 7.03. The number of amides is 1. The number of thioether (sulfide) groups is 1. The molecule has 0 saturated heterocycles. The number of rotatable bonds is 7. The highest BCUT2D eigenvalue weighted by molar-refractivity contribution is 7.98. The number of hydrogen-bond acceptors (Lipinski definition) is 4. The van der Waals surface area contributed by atoms with Crippen LogP contribution in [0.25, 0.3) is 0 Å². The van der Waals surface area contributed by atoms with E-state index in [4.69, 9.17) is 16.6 Å². The predicted molar refractivity (Wildman–Crippen MR) is 71.4 cm³/mol. The first-order chi connectivity index (χ1) is 8.50. The van der Waals surface area contributed by atoms with Crippen LogP contribution in [0.4, 0.5) is 0 Å². The van der Waals surface area contributed by atoms with Gasteiger partial charge in [0.15, 0.2) is 0 Å². The van der Waals surface area contributed by atoms with Gasteiger partial charge in [0.1, 0.15) is 6.04 Å². The number of primary amides is 1. The first kappa shape index (κ1) is 14.5. The van der Waals surface area contributed by atoms with E-state index in [1.165, 1.54) is 0 Å². The van der Waals surface area contributed by atoms with Gasteiger partial charge in [-0.3, -0.25) is 9.59 Å². The summed E-state index contributed by atoms with van der Waals surface area (Å²) in [5.41, 5.74) is 12.0. The third-order valence-corrected chi connectivity index (χ3v) is 3.43. The van der Waals surface area contributed by atoms with Crippen molar-refractivity contribution in [3.05, 3.63) is 35.4 Å². The van der Waals surface area contributed by atoms with Crippen molar-refractivity contribution in [3.8, 4) is 0 Å². The molecule has 0 heterocycles. The van der Waals surface area contributed by atoms with Crippen molar-refractivity contribution in [2.45, 2.75) is 18.2 Å². The van der Waals surface area contributed by atoms with Crippen molar-refractivity contribution in [1.82, 2.24) is 0 Å². The third kappa shape index (κ3) is 4.77. The van der Waals surface area contributed by atoms with Crippen molar-refractivity contribution in [2.24, 2.45) is 11.5 Å². The summed E-state index contributed by atoms with van der Waals surface area (Å²) in [5.74, 6) is -0.0667. The SMILES string of the molecule is NC(=O)c1cccc(CSCCC(N)C(=O)O)c1. The molecule has 6 heteroatoms. The van der Waals surface area contributed by atoms with E-state index in [0.29, 0.717) is 23.5 Å². The smallest absolute Gasteiger partial charge is 0.320 e. The van der Waals surface area contributed by atoms with Gasteiger partial charge in [-0.2, -0.15) is 11.8 Å². The summed E-state index contributed by atoms with van der Waals surface area (Å²) < 4.78 is 0. The number of benzene rings is 1. The molecule has 0 bridgehead atoms. The zero-order chi connectivity index (χ0) is 13.5. The van der Waals surface area contributed by atoms with Crippen LogP contribution in [0.1, 0.15) is 22.3 Å². The van der Waals surface area contributed by atoms with Crippen molar-refractivity contribution >= 4 is 23.6 Å². The molecule has 1 amide bonds. The molecule has 0 saturated carbocycles. The zero-order valence-corrected chi connectivity index (χ0v) is 10.7. The van der Waals surface area contributed by atoms with Gasteiger partial charge in [-0.05, 0) is 29.9 Å². The van der Waals surface area contributed by atoms with Gasteiger partial charge in [-0.1, -0.05) is 12.1 Å². The molecule has 1 aromatic carbocycles. The second-order valence-electron chi connectivity index (χ2n) is 3.85. The maximum Gasteiger partial charge on any atom is 0.320 e. The third-order valence-electron chi connectivity index (χ3n) is 2.37. The fourth-order valence-corrected chi connectivity index (χ4v) is 2.32. The minimum atomic E-state index is -0.980. The molecule has 1 atom stereocenters. The topological polar surface area (TPSA) is 106 Å². The number of carbonyl (C=O) groups excluding carboxylic acids is 1. The van der Waals surface area contributed by atoms with E-state index in [2.05, 4.69) is 0 Å². The van der Waals surface area contributed by atoms with Gasteiger partial charge in [0.2, 0.25) is 5.91 Å². The fourth-order valence-electron chi connectivity index (χ4n) is 1.34. The lowest BCUT2D eigenvalue weighted by Gasteiger charge is -2.06. The van der Waals surface area contributed by atoms with Gasteiger partial charge in [0.05, 0.1) is 0 Å². The second-order valence-corrected chi connectivity index (χ2v) is 4.96. The number of nitrogens with two attached hydrogens (primary N) is 2. The van der Waals surface area contributed by atoms with Crippen LogP contribution in [0.5, 0.6) is 0 Å². The number of carboxylic acids is 1. The molecule has 1 rings (SSSR count). The van der Waals surface area contributed by atoms with Gasteiger partial charge in [-0.25, -0.2) is 0 Å². The van der Waals surface area contributed by atoms with Crippen LogP contribution in [0.3, 0.4) is 0 Å². The Kier molecular flexibility index (Phi) is 5.67. The highest BCUT2D eigenvalue weighted by atomic mass is 32.2. The van der Waals surface area contributed by atoms with Gasteiger partial charge in [0, 0.05) is 11.3 Å². The van der Waals surface area contributed by atoms with Crippen molar-refractivity contribution in [3.63, 3.8) is 0 Å². The van der Waals surface area contributed by atoms with E-state index in [1.54, 1.807) is 30.0 Å². The molecule has 98 valence electrons. The minimum absolute atomic E-state index is 0.426. The van der Waals surface area contributed by atoms with E-state index in [1.807, 2.05) is 6.07 Å². The van der Waals surface area contributed by atoms with E-state index in [0.717, 1.165) is 5.56 Å². The average Bonchev–Trinajstić information content (AvgIpc) is 2.34. The molecule has 18 heavy (non-hydrogen) atoms. The number of carboxylic acid groups (broad SMARTS) is 1. The van der Waals surface area contributed by atoms with E-state index in [9.17, 15) is 9.59 Å². The first-order valence-electron chi connectivity index (χ1n) is 5.45. The summed E-state index contributed by atoms with van der Waals surface area (Å²) in [4.78, 5) is 21.5. The monoisotopic (exact) mass is 268 g/mol. The molecule has 0 aliphatic carbocycles. The summed E-state index contributed by atoms with van der Waals surface area (Å²) in [6.45, 7) is 0. The Labute approximate surface area is 110 Å². The van der Waals surface area contributed by atoms with Crippen LogP contribution in [-0.4, -0.2) is 28.8 Å². The molecular weight excluding hydrogens is 252 g/mol.